The molecule has 0 unspecified atom stereocenters. The summed E-state index contributed by atoms with van der Waals surface area (Å²) in [5, 5.41) is 9.73. The second kappa shape index (κ2) is 4.39. The molecule has 0 amide bonds. The second-order valence-electron chi connectivity index (χ2n) is 3.29. The van der Waals surface area contributed by atoms with Crippen molar-refractivity contribution in [2.24, 2.45) is 5.73 Å². The van der Waals surface area contributed by atoms with Gasteiger partial charge in [-0.1, -0.05) is 13.0 Å². The maximum absolute atomic E-state index is 12.7. The normalized spacial score (nSPS) is 15.1. The molecule has 3 nitrogen and oxygen atoms in total. The molecule has 0 saturated carbocycles. The molecule has 1 rings (SSSR count). The van der Waals surface area contributed by atoms with Crippen molar-refractivity contribution in [3.8, 4) is 0 Å². The maximum Gasteiger partial charge on any atom is 0.125 e. The van der Waals surface area contributed by atoms with Crippen LogP contribution in [-0.2, 0) is 0 Å². The third kappa shape index (κ3) is 2.21. The molecule has 0 fully saturated rings. The number of halogens is 1. The van der Waals surface area contributed by atoms with Gasteiger partial charge in [0.1, 0.15) is 5.82 Å². The smallest absolute Gasteiger partial charge is 0.125 e. The predicted octanol–water partition coefficient (Wildman–Crippen LogP) is 1.18. The number of anilines is 1. The molecular weight excluding hydrogens is 183 g/mol. The van der Waals surface area contributed by atoms with E-state index < -0.39 is 11.9 Å². The molecule has 0 bridgehead atoms. The van der Waals surface area contributed by atoms with Crippen LogP contribution < -0.4 is 11.5 Å². The number of aliphatic hydroxyl groups excluding tert-OH is 1. The largest absolute Gasteiger partial charge is 0.398 e. The lowest BCUT2D eigenvalue weighted by Crippen LogP contribution is -2.27. The van der Waals surface area contributed by atoms with Crippen LogP contribution in [0.5, 0.6) is 0 Å². The van der Waals surface area contributed by atoms with Gasteiger partial charge < -0.3 is 16.6 Å². The summed E-state index contributed by atoms with van der Waals surface area (Å²) in [7, 11) is 0. The molecule has 0 aliphatic carbocycles. The lowest BCUT2D eigenvalue weighted by Gasteiger charge is -2.18. The van der Waals surface area contributed by atoms with Crippen LogP contribution in [0, 0.1) is 5.82 Å². The van der Waals surface area contributed by atoms with Crippen LogP contribution in [0.2, 0.25) is 0 Å². The number of nitrogens with two attached hydrogens (primary N) is 2. The van der Waals surface area contributed by atoms with Crippen LogP contribution >= 0.6 is 0 Å². The topological polar surface area (TPSA) is 72.3 Å². The van der Waals surface area contributed by atoms with E-state index in [1.807, 2.05) is 6.92 Å². The summed E-state index contributed by atoms with van der Waals surface area (Å²) < 4.78 is 12.7. The molecule has 0 radical (unpaired) electrons. The van der Waals surface area contributed by atoms with E-state index in [1.165, 1.54) is 18.2 Å². The van der Waals surface area contributed by atoms with Crippen molar-refractivity contribution in [1.29, 1.82) is 0 Å². The van der Waals surface area contributed by atoms with Crippen LogP contribution in [0.4, 0.5) is 10.1 Å². The first kappa shape index (κ1) is 10.9. The van der Waals surface area contributed by atoms with Crippen molar-refractivity contribution >= 4 is 5.69 Å². The highest BCUT2D eigenvalue weighted by Crippen LogP contribution is 2.24. The Hall–Kier alpha value is -1.13. The molecule has 4 heteroatoms. The van der Waals surface area contributed by atoms with E-state index in [4.69, 9.17) is 11.5 Å². The van der Waals surface area contributed by atoms with Gasteiger partial charge in [-0.25, -0.2) is 4.39 Å². The molecule has 5 N–H and O–H groups in total. The first-order valence-corrected chi connectivity index (χ1v) is 4.54. The van der Waals surface area contributed by atoms with Crippen molar-refractivity contribution in [2.45, 2.75) is 25.5 Å². The fourth-order valence-electron chi connectivity index (χ4n) is 1.27. The predicted molar refractivity (Wildman–Crippen MR) is 54.0 cm³/mol. The SMILES string of the molecule is CC[C@H](N)[C@H](O)c1ccc(F)cc1N. The van der Waals surface area contributed by atoms with Gasteiger partial charge in [0.25, 0.3) is 0 Å². The van der Waals surface area contributed by atoms with E-state index in [1.54, 1.807) is 0 Å². The van der Waals surface area contributed by atoms with Crippen LogP contribution in [0.3, 0.4) is 0 Å². The van der Waals surface area contributed by atoms with Gasteiger partial charge in [0.2, 0.25) is 0 Å². The Morgan fingerprint density at radius 2 is 2.14 bits per heavy atom. The number of benzene rings is 1. The molecule has 78 valence electrons. The summed E-state index contributed by atoms with van der Waals surface area (Å²) in [6.07, 6.45) is -0.196. The Bertz CT molecular complexity index is 317. The minimum atomic E-state index is -0.833. The summed E-state index contributed by atoms with van der Waals surface area (Å²) in [4.78, 5) is 0. The van der Waals surface area contributed by atoms with E-state index in [0.717, 1.165) is 0 Å². The minimum Gasteiger partial charge on any atom is -0.398 e. The zero-order valence-corrected chi connectivity index (χ0v) is 8.07. The highest BCUT2D eigenvalue weighted by molar-refractivity contribution is 5.48. The molecule has 14 heavy (non-hydrogen) atoms. The molecule has 0 heterocycles. The fourth-order valence-corrected chi connectivity index (χ4v) is 1.27. The Balaban J connectivity index is 2.95. The van der Waals surface area contributed by atoms with Crippen molar-refractivity contribution < 1.29 is 9.50 Å². The van der Waals surface area contributed by atoms with Gasteiger partial charge in [0.05, 0.1) is 6.10 Å². The van der Waals surface area contributed by atoms with Crippen molar-refractivity contribution in [3.63, 3.8) is 0 Å². The highest BCUT2D eigenvalue weighted by atomic mass is 19.1. The molecule has 2 atom stereocenters. The number of aliphatic hydroxyl groups is 1. The number of nitrogen functional groups attached to an aromatic ring is 1. The molecule has 0 aliphatic rings. The fraction of sp³-hybridized carbons (Fsp3) is 0.400. The molecule has 1 aromatic carbocycles. The Morgan fingerprint density at radius 3 is 2.64 bits per heavy atom. The molecule has 0 aromatic heterocycles. The van der Waals surface area contributed by atoms with E-state index in [0.29, 0.717) is 12.0 Å². The standard InChI is InChI=1S/C10H15FN2O/c1-2-8(12)10(14)7-4-3-6(11)5-9(7)13/h3-5,8,10,14H,2,12-13H2,1H3/t8-,10+/m0/s1. The summed E-state index contributed by atoms with van der Waals surface area (Å²) in [5.74, 6) is -0.413. The zero-order valence-electron chi connectivity index (χ0n) is 8.07. The van der Waals surface area contributed by atoms with Gasteiger partial charge in [0.15, 0.2) is 0 Å². The number of hydrogen-bond acceptors (Lipinski definition) is 3. The van der Waals surface area contributed by atoms with E-state index >= 15 is 0 Å². The Morgan fingerprint density at radius 1 is 1.50 bits per heavy atom. The third-order valence-corrected chi connectivity index (χ3v) is 2.24. The third-order valence-electron chi connectivity index (χ3n) is 2.24. The van der Waals surface area contributed by atoms with Crippen molar-refractivity contribution in [2.75, 3.05) is 5.73 Å². The second-order valence-corrected chi connectivity index (χ2v) is 3.29. The first-order chi connectivity index (χ1) is 6.56. The summed E-state index contributed by atoms with van der Waals surface area (Å²) in [6.45, 7) is 1.87. The highest BCUT2D eigenvalue weighted by Gasteiger charge is 2.17. The van der Waals surface area contributed by atoms with Crippen LogP contribution in [0.15, 0.2) is 18.2 Å². The number of hydrogen-bond donors (Lipinski definition) is 3. The molecule has 1 aromatic rings. The van der Waals surface area contributed by atoms with Gasteiger partial charge in [-0.05, 0) is 18.6 Å². The van der Waals surface area contributed by atoms with Gasteiger partial charge in [-0.3, -0.25) is 0 Å². The monoisotopic (exact) mass is 198 g/mol. The maximum atomic E-state index is 12.7. The van der Waals surface area contributed by atoms with Crippen molar-refractivity contribution in [1.82, 2.24) is 0 Å². The van der Waals surface area contributed by atoms with E-state index in [9.17, 15) is 9.50 Å². The van der Waals surface area contributed by atoms with Crippen LogP contribution in [0.25, 0.3) is 0 Å². The Kier molecular flexibility index (Phi) is 3.43. The van der Waals surface area contributed by atoms with Gasteiger partial charge in [0, 0.05) is 17.3 Å². The lowest BCUT2D eigenvalue weighted by atomic mass is 9.99. The summed E-state index contributed by atoms with van der Waals surface area (Å²) in [5.41, 5.74) is 11.9. The molecule has 0 saturated heterocycles. The molecule has 0 spiro atoms. The van der Waals surface area contributed by atoms with Gasteiger partial charge in [-0.2, -0.15) is 0 Å². The quantitative estimate of drug-likeness (QED) is 0.638. The average molecular weight is 198 g/mol. The minimum absolute atomic E-state index is 0.237. The van der Waals surface area contributed by atoms with Crippen molar-refractivity contribution in [3.05, 3.63) is 29.6 Å². The zero-order chi connectivity index (χ0) is 10.7. The average Bonchev–Trinajstić information content (AvgIpc) is 2.15. The van der Waals surface area contributed by atoms with Gasteiger partial charge in [-0.15, -0.1) is 0 Å². The van der Waals surface area contributed by atoms with E-state index in [-0.39, 0.29) is 11.7 Å². The summed E-state index contributed by atoms with van der Waals surface area (Å²) >= 11 is 0. The Labute approximate surface area is 82.5 Å². The lowest BCUT2D eigenvalue weighted by molar-refractivity contribution is 0.145. The first-order valence-electron chi connectivity index (χ1n) is 4.54. The van der Waals surface area contributed by atoms with Crippen LogP contribution in [-0.4, -0.2) is 11.1 Å². The van der Waals surface area contributed by atoms with Crippen LogP contribution in [0.1, 0.15) is 25.0 Å². The number of rotatable bonds is 3. The molecule has 0 aliphatic heterocycles. The van der Waals surface area contributed by atoms with Gasteiger partial charge >= 0.3 is 0 Å². The van der Waals surface area contributed by atoms with E-state index in [2.05, 4.69) is 0 Å². The molecular formula is C10H15FN2O. The summed E-state index contributed by atoms with van der Waals surface area (Å²) in [6, 6.07) is 3.53.